The van der Waals surface area contributed by atoms with Crippen LogP contribution < -0.4 is 11.1 Å². The smallest absolute Gasteiger partial charge is 0.207 e. The predicted molar refractivity (Wildman–Crippen MR) is 75.4 cm³/mol. The second-order valence-corrected chi connectivity index (χ2v) is 5.75. The first-order valence-corrected chi connectivity index (χ1v) is 7.61. The molecule has 0 bridgehead atoms. The Bertz CT molecular complexity index is 298. The summed E-state index contributed by atoms with van der Waals surface area (Å²) in [7, 11) is 0. The van der Waals surface area contributed by atoms with E-state index in [-0.39, 0.29) is 18.0 Å². The molecule has 0 radical (unpaired) electrons. The van der Waals surface area contributed by atoms with Gasteiger partial charge in [0.05, 0.1) is 31.8 Å². The molecule has 21 heavy (non-hydrogen) atoms. The van der Waals surface area contributed by atoms with Gasteiger partial charge in [0.25, 0.3) is 0 Å². The van der Waals surface area contributed by atoms with Gasteiger partial charge in [0, 0.05) is 13.0 Å². The Morgan fingerprint density at radius 1 is 1.00 bits per heavy atom. The minimum Gasteiger partial charge on any atom is -0.359 e. The van der Waals surface area contributed by atoms with Crippen LogP contribution in [0.3, 0.4) is 0 Å². The van der Waals surface area contributed by atoms with Crippen LogP contribution >= 0.6 is 0 Å². The molecule has 2 rings (SSSR count). The van der Waals surface area contributed by atoms with Crippen molar-refractivity contribution >= 4 is 6.41 Å². The molecule has 2 aliphatic heterocycles. The Hall–Kier alpha value is -0.730. The molecule has 1 spiro atoms. The molecule has 1 amide bonds. The van der Waals surface area contributed by atoms with Gasteiger partial charge in [-0.1, -0.05) is 0 Å². The highest BCUT2D eigenvalue weighted by molar-refractivity contribution is 5.45. The van der Waals surface area contributed by atoms with Crippen LogP contribution in [0.2, 0.25) is 0 Å². The lowest BCUT2D eigenvalue weighted by atomic mass is 9.90. The van der Waals surface area contributed by atoms with Gasteiger partial charge in [0.1, 0.15) is 0 Å². The highest BCUT2D eigenvalue weighted by Gasteiger charge is 2.41. The van der Waals surface area contributed by atoms with Gasteiger partial charge in [-0.3, -0.25) is 4.79 Å². The van der Waals surface area contributed by atoms with E-state index in [4.69, 9.17) is 24.7 Å². The van der Waals surface area contributed by atoms with Crippen LogP contribution in [0.25, 0.3) is 0 Å². The lowest BCUT2D eigenvalue weighted by Crippen LogP contribution is -2.52. The van der Waals surface area contributed by atoms with E-state index in [2.05, 4.69) is 5.32 Å². The summed E-state index contributed by atoms with van der Waals surface area (Å²) in [5.74, 6) is 0. The normalized spacial score (nSPS) is 33.0. The van der Waals surface area contributed by atoms with E-state index in [1.807, 2.05) is 0 Å². The van der Waals surface area contributed by atoms with Crippen molar-refractivity contribution < 1.29 is 23.7 Å². The molecular weight excluding hydrogens is 276 g/mol. The summed E-state index contributed by atoms with van der Waals surface area (Å²) in [5.41, 5.74) is 5.30. The molecule has 2 aliphatic rings. The number of hydrogen-bond donors (Lipinski definition) is 2. The minimum absolute atomic E-state index is 0.147. The van der Waals surface area contributed by atoms with Crippen molar-refractivity contribution in [3.8, 4) is 0 Å². The summed E-state index contributed by atoms with van der Waals surface area (Å²) >= 11 is 0. The number of hydrogen-bond acceptors (Lipinski definition) is 6. The Morgan fingerprint density at radius 3 is 2.00 bits per heavy atom. The fourth-order valence-corrected chi connectivity index (χ4v) is 2.47. The maximum absolute atomic E-state index is 10.1. The van der Waals surface area contributed by atoms with Crippen molar-refractivity contribution in [1.82, 2.24) is 5.32 Å². The fourth-order valence-electron chi connectivity index (χ4n) is 2.47. The molecule has 0 aromatic carbocycles. The van der Waals surface area contributed by atoms with Crippen molar-refractivity contribution in [2.24, 2.45) is 11.1 Å². The third-order valence-electron chi connectivity index (χ3n) is 3.79. The number of nitrogens with one attached hydrogen (secondary N) is 1. The van der Waals surface area contributed by atoms with Crippen LogP contribution in [0.5, 0.6) is 0 Å². The molecule has 7 nitrogen and oxygen atoms in total. The SMILES string of the molecule is NCCCC1OCC2(CO1)COC(CCCNC=O)OC2. The van der Waals surface area contributed by atoms with Crippen molar-refractivity contribution in [3.63, 3.8) is 0 Å². The number of nitrogens with two attached hydrogens (primary N) is 1. The molecule has 122 valence electrons. The third-order valence-corrected chi connectivity index (χ3v) is 3.79. The van der Waals surface area contributed by atoms with Gasteiger partial charge in [-0.05, 0) is 25.8 Å². The second-order valence-electron chi connectivity index (χ2n) is 5.75. The molecule has 0 aliphatic carbocycles. The first kappa shape index (κ1) is 16.6. The highest BCUT2D eigenvalue weighted by atomic mass is 16.7. The van der Waals surface area contributed by atoms with Crippen LogP contribution in [-0.4, -0.2) is 58.5 Å². The van der Waals surface area contributed by atoms with Crippen LogP contribution in [0, 0.1) is 5.41 Å². The van der Waals surface area contributed by atoms with Gasteiger partial charge in [-0.2, -0.15) is 0 Å². The topological polar surface area (TPSA) is 92.0 Å². The van der Waals surface area contributed by atoms with E-state index >= 15 is 0 Å². The molecule has 0 aromatic rings. The van der Waals surface area contributed by atoms with Crippen LogP contribution in [0.4, 0.5) is 0 Å². The predicted octanol–water partition coefficient (Wildman–Crippen LogP) is -0.0163. The zero-order chi connectivity index (χ0) is 15.0. The largest absolute Gasteiger partial charge is 0.359 e. The summed E-state index contributed by atoms with van der Waals surface area (Å²) in [6.45, 7) is 3.67. The number of carbonyl (C=O) groups is 1. The van der Waals surface area contributed by atoms with E-state index in [1.54, 1.807) is 0 Å². The maximum Gasteiger partial charge on any atom is 0.207 e. The minimum atomic E-state index is -0.195. The van der Waals surface area contributed by atoms with E-state index in [9.17, 15) is 4.79 Å². The second kappa shape index (κ2) is 8.65. The molecule has 2 heterocycles. The van der Waals surface area contributed by atoms with Gasteiger partial charge in [0.2, 0.25) is 6.41 Å². The zero-order valence-electron chi connectivity index (χ0n) is 12.4. The molecule has 2 fully saturated rings. The van der Waals surface area contributed by atoms with Crippen molar-refractivity contribution in [1.29, 1.82) is 0 Å². The number of ether oxygens (including phenoxy) is 4. The molecule has 2 saturated heterocycles. The van der Waals surface area contributed by atoms with Gasteiger partial charge < -0.3 is 30.0 Å². The lowest BCUT2D eigenvalue weighted by Gasteiger charge is -2.43. The maximum atomic E-state index is 10.1. The standard InChI is InChI=1S/C14H26N2O5/c15-5-1-3-12-18-7-14(8-19-12)9-20-13(21-10-14)4-2-6-16-11-17/h11-13H,1-10,15H2,(H,16,17). The quantitative estimate of drug-likeness (QED) is 0.484. The lowest BCUT2D eigenvalue weighted by molar-refractivity contribution is -0.304. The average molecular weight is 302 g/mol. The van der Waals surface area contributed by atoms with Gasteiger partial charge >= 0.3 is 0 Å². The number of amides is 1. The van der Waals surface area contributed by atoms with Crippen molar-refractivity contribution in [2.45, 2.75) is 38.3 Å². The first-order chi connectivity index (χ1) is 10.3. The zero-order valence-corrected chi connectivity index (χ0v) is 12.4. The van der Waals surface area contributed by atoms with E-state index < -0.39 is 0 Å². The monoisotopic (exact) mass is 302 g/mol. The highest BCUT2D eigenvalue weighted by Crippen LogP contribution is 2.31. The fraction of sp³-hybridized carbons (Fsp3) is 0.929. The van der Waals surface area contributed by atoms with E-state index in [0.717, 1.165) is 25.7 Å². The summed E-state index contributed by atoms with van der Waals surface area (Å²) in [6.07, 6.45) is 3.71. The molecule has 0 saturated carbocycles. The Kier molecular flexibility index (Phi) is 6.85. The first-order valence-electron chi connectivity index (χ1n) is 7.61. The van der Waals surface area contributed by atoms with Crippen LogP contribution in [0.1, 0.15) is 25.7 Å². The van der Waals surface area contributed by atoms with Gasteiger partial charge in [0.15, 0.2) is 12.6 Å². The molecule has 0 unspecified atom stereocenters. The van der Waals surface area contributed by atoms with Gasteiger partial charge in [-0.25, -0.2) is 0 Å². The van der Waals surface area contributed by atoms with E-state index in [1.165, 1.54) is 0 Å². The molecular formula is C14H26N2O5. The van der Waals surface area contributed by atoms with Crippen molar-refractivity contribution in [3.05, 3.63) is 0 Å². The Labute approximate surface area is 125 Å². The molecule has 3 N–H and O–H groups in total. The van der Waals surface area contributed by atoms with Gasteiger partial charge in [-0.15, -0.1) is 0 Å². The molecule has 0 atom stereocenters. The van der Waals surface area contributed by atoms with Crippen LogP contribution in [-0.2, 0) is 23.7 Å². The summed E-state index contributed by atoms with van der Waals surface area (Å²) < 4.78 is 23.0. The molecule has 0 aromatic heterocycles. The summed E-state index contributed by atoms with van der Waals surface area (Å²) in [4.78, 5) is 10.1. The van der Waals surface area contributed by atoms with Crippen molar-refractivity contribution in [2.75, 3.05) is 39.5 Å². The summed E-state index contributed by atoms with van der Waals surface area (Å²) in [5, 5.41) is 2.63. The average Bonchev–Trinajstić information content (AvgIpc) is 2.53. The number of carbonyl (C=O) groups excluding carboxylic acids is 1. The van der Waals surface area contributed by atoms with E-state index in [0.29, 0.717) is 45.9 Å². The third kappa shape index (κ3) is 5.19. The summed E-state index contributed by atoms with van der Waals surface area (Å²) in [6, 6.07) is 0. The molecule has 7 heteroatoms. The Balaban J connectivity index is 1.63. The Morgan fingerprint density at radius 2 is 1.52 bits per heavy atom. The van der Waals surface area contributed by atoms with Crippen LogP contribution in [0.15, 0.2) is 0 Å². The number of rotatable bonds is 8.